The number of hydrogen-bond donors (Lipinski definition) is 2. The van der Waals surface area contributed by atoms with E-state index in [2.05, 4.69) is 25.3 Å². The summed E-state index contributed by atoms with van der Waals surface area (Å²) in [7, 11) is 0. The smallest absolute Gasteiger partial charge is 0.198 e. The van der Waals surface area contributed by atoms with E-state index in [1.807, 2.05) is 6.07 Å². The first-order valence-electron chi connectivity index (χ1n) is 7.28. The number of nitrogens with zero attached hydrogens (tertiary/aromatic N) is 5. The molecule has 0 bridgehead atoms. The summed E-state index contributed by atoms with van der Waals surface area (Å²) < 4.78 is 5.76. The van der Waals surface area contributed by atoms with Gasteiger partial charge in [-0.25, -0.2) is 15.0 Å². The van der Waals surface area contributed by atoms with E-state index in [1.165, 1.54) is 6.33 Å². The number of hydrogen-bond acceptors (Lipinski definition) is 6. The molecule has 4 rings (SSSR count). The minimum atomic E-state index is 0.0401. The van der Waals surface area contributed by atoms with Gasteiger partial charge in [0.15, 0.2) is 17.3 Å². The van der Waals surface area contributed by atoms with Gasteiger partial charge in [0.1, 0.15) is 17.5 Å². The van der Waals surface area contributed by atoms with E-state index in [1.54, 1.807) is 12.1 Å². The summed E-state index contributed by atoms with van der Waals surface area (Å²) in [4.78, 5) is 12.8. The van der Waals surface area contributed by atoms with Gasteiger partial charge >= 0.3 is 0 Å². The Hall–Kier alpha value is -2.87. The van der Waals surface area contributed by atoms with Crippen molar-refractivity contribution in [3.8, 4) is 11.3 Å². The van der Waals surface area contributed by atoms with Crippen molar-refractivity contribution in [1.82, 2.24) is 15.0 Å². The van der Waals surface area contributed by atoms with Crippen molar-refractivity contribution in [2.45, 2.75) is 18.8 Å². The third-order valence-electron chi connectivity index (χ3n) is 3.77. The van der Waals surface area contributed by atoms with Gasteiger partial charge in [-0.3, -0.25) is 0 Å². The molecule has 1 saturated carbocycles. The number of rotatable bonds is 4. The Morgan fingerprint density at radius 1 is 1.29 bits per heavy atom. The fourth-order valence-electron chi connectivity index (χ4n) is 2.42. The predicted octanol–water partition coefficient (Wildman–Crippen LogP) is 3.47. The fraction of sp³-hybridized carbons (Fsp3) is 0.200. The number of amidine groups is 1. The van der Waals surface area contributed by atoms with Crippen molar-refractivity contribution in [3.05, 3.63) is 41.1 Å². The fourth-order valence-corrected chi connectivity index (χ4v) is 2.68. The molecule has 2 heterocycles. The van der Waals surface area contributed by atoms with Gasteiger partial charge in [0.25, 0.3) is 0 Å². The molecular weight excluding hydrogens is 330 g/mol. The summed E-state index contributed by atoms with van der Waals surface area (Å²) in [5, 5.41) is 6.85. The minimum absolute atomic E-state index is 0.0401. The summed E-state index contributed by atoms with van der Waals surface area (Å²) >= 11 is 6.34. The lowest BCUT2D eigenvalue weighted by molar-refractivity contribution is 0.533. The predicted molar refractivity (Wildman–Crippen MR) is 87.9 cm³/mol. The lowest BCUT2D eigenvalue weighted by atomic mass is 10.1. The van der Waals surface area contributed by atoms with Crippen molar-refractivity contribution in [2.75, 3.05) is 0 Å². The van der Waals surface area contributed by atoms with E-state index in [0.29, 0.717) is 33.4 Å². The average molecular weight is 342 g/mol. The van der Waals surface area contributed by atoms with Gasteiger partial charge < -0.3 is 10.2 Å². The van der Waals surface area contributed by atoms with Crippen molar-refractivity contribution in [3.63, 3.8) is 0 Å². The van der Waals surface area contributed by atoms with Gasteiger partial charge in [0, 0.05) is 11.5 Å². The second kappa shape index (κ2) is 5.64. The molecule has 0 amide bonds. The highest BCUT2D eigenvalue weighted by molar-refractivity contribution is 6.35. The van der Waals surface area contributed by atoms with Crippen LogP contribution in [0.3, 0.4) is 0 Å². The number of benzene rings is 1. The van der Waals surface area contributed by atoms with Gasteiger partial charge in [-0.15, -0.1) is 5.10 Å². The Balaban J connectivity index is 1.80. The molecule has 0 aliphatic heterocycles. The van der Waals surface area contributed by atoms with Gasteiger partial charge in [-0.2, -0.15) is 5.53 Å². The van der Waals surface area contributed by atoms with E-state index >= 15 is 0 Å². The number of nitrogens with one attached hydrogen (secondary N) is 1. The van der Waals surface area contributed by atoms with E-state index in [4.69, 9.17) is 27.3 Å². The van der Waals surface area contributed by atoms with E-state index in [0.717, 1.165) is 24.3 Å². The molecule has 3 N–H and O–H groups in total. The summed E-state index contributed by atoms with van der Waals surface area (Å²) in [6.07, 6.45) is 3.58. The Morgan fingerprint density at radius 3 is 2.88 bits per heavy atom. The first kappa shape index (κ1) is 14.7. The average Bonchev–Trinajstić information content (AvgIpc) is 3.34. The largest absolute Gasteiger partial charge is 0.439 e. The molecule has 3 aromatic rings. The SMILES string of the molecule is N=NN=C(N)c1cc(-c2cc(Cl)c3oc(C4CC4)nc3c2)ncn1. The first-order valence-corrected chi connectivity index (χ1v) is 7.66. The Labute approximate surface area is 141 Å². The molecule has 1 aliphatic rings. The molecule has 0 atom stereocenters. The van der Waals surface area contributed by atoms with Crippen LogP contribution in [0.2, 0.25) is 5.02 Å². The topological polar surface area (TPSA) is 126 Å². The maximum atomic E-state index is 6.74. The summed E-state index contributed by atoms with van der Waals surface area (Å²) in [6.45, 7) is 0. The van der Waals surface area contributed by atoms with E-state index < -0.39 is 0 Å². The summed E-state index contributed by atoms with van der Waals surface area (Å²) in [5.41, 5.74) is 15.5. The molecule has 0 saturated heterocycles. The third kappa shape index (κ3) is 2.61. The number of fused-ring (bicyclic) bond motifs is 1. The van der Waals surface area contributed by atoms with Gasteiger partial charge in [-0.1, -0.05) is 16.8 Å². The molecule has 0 unspecified atom stereocenters. The summed E-state index contributed by atoms with van der Waals surface area (Å²) in [5.74, 6) is 1.19. The highest BCUT2D eigenvalue weighted by Gasteiger charge is 2.29. The van der Waals surface area contributed by atoms with Crippen LogP contribution < -0.4 is 5.73 Å². The van der Waals surface area contributed by atoms with Crippen LogP contribution in [0.25, 0.3) is 22.4 Å². The van der Waals surface area contributed by atoms with Crippen LogP contribution in [-0.2, 0) is 0 Å². The van der Waals surface area contributed by atoms with Gasteiger partial charge in [0.2, 0.25) is 0 Å². The van der Waals surface area contributed by atoms with Crippen molar-refractivity contribution in [1.29, 1.82) is 5.53 Å². The van der Waals surface area contributed by atoms with Crippen molar-refractivity contribution >= 4 is 28.5 Å². The number of oxazole rings is 1. The maximum absolute atomic E-state index is 6.74. The lowest BCUT2D eigenvalue weighted by Gasteiger charge is -2.04. The lowest BCUT2D eigenvalue weighted by Crippen LogP contribution is -2.14. The van der Waals surface area contributed by atoms with Crippen LogP contribution in [-0.4, -0.2) is 20.8 Å². The molecular formula is C15H12ClN7O. The second-order valence-electron chi connectivity index (χ2n) is 5.51. The zero-order valence-corrected chi connectivity index (χ0v) is 13.2. The standard InChI is InChI=1S/C15H12ClN7O/c16-9-3-8(4-11-13(9)24-15(21-11)7-1-2-7)10-5-12(20-6-19-10)14(17)22-23-18/h3-7H,1-2H2,(H3,17,18,22). The normalized spacial score (nSPS) is 15.0. The van der Waals surface area contributed by atoms with Crippen LogP contribution in [0.5, 0.6) is 0 Å². The second-order valence-corrected chi connectivity index (χ2v) is 5.91. The number of halogens is 1. The quantitative estimate of drug-likeness (QED) is 0.325. The highest BCUT2D eigenvalue weighted by atomic mass is 35.5. The number of nitrogens with two attached hydrogens (primary N) is 1. The van der Waals surface area contributed by atoms with Crippen LogP contribution in [0.1, 0.15) is 30.3 Å². The van der Waals surface area contributed by atoms with Gasteiger partial charge in [-0.05, 0) is 31.0 Å². The summed E-state index contributed by atoms with van der Waals surface area (Å²) in [6, 6.07) is 5.29. The first-order chi connectivity index (χ1) is 11.7. The molecule has 120 valence electrons. The molecule has 1 aromatic carbocycles. The molecule has 1 aliphatic carbocycles. The molecule has 0 radical (unpaired) electrons. The van der Waals surface area contributed by atoms with E-state index in [9.17, 15) is 0 Å². The Morgan fingerprint density at radius 2 is 2.12 bits per heavy atom. The Kier molecular flexibility index (Phi) is 3.46. The molecule has 2 aromatic heterocycles. The molecule has 24 heavy (non-hydrogen) atoms. The molecule has 9 heteroatoms. The number of aromatic nitrogens is 3. The molecule has 0 spiro atoms. The zero-order chi connectivity index (χ0) is 16.7. The van der Waals surface area contributed by atoms with Crippen molar-refractivity contribution in [2.24, 2.45) is 16.1 Å². The zero-order valence-electron chi connectivity index (χ0n) is 12.4. The highest BCUT2D eigenvalue weighted by Crippen LogP contribution is 2.42. The molecule has 1 fully saturated rings. The molecule has 8 nitrogen and oxygen atoms in total. The van der Waals surface area contributed by atoms with Crippen LogP contribution in [0.4, 0.5) is 0 Å². The van der Waals surface area contributed by atoms with E-state index in [-0.39, 0.29) is 5.84 Å². The van der Waals surface area contributed by atoms with Crippen LogP contribution in [0.15, 0.2) is 39.3 Å². The van der Waals surface area contributed by atoms with Crippen molar-refractivity contribution < 1.29 is 4.42 Å². The van der Waals surface area contributed by atoms with Crippen LogP contribution >= 0.6 is 11.6 Å². The van der Waals surface area contributed by atoms with Crippen LogP contribution in [0, 0.1) is 5.53 Å². The minimum Gasteiger partial charge on any atom is -0.439 e. The Bertz CT molecular complexity index is 977. The third-order valence-corrected chi connectivity index (χ3v) is 4.05. The maximum Gasteiger partial charge on any atom is 0.198 e. The monoisotopic (exact) mass is 341 g/mol. The van der Waals surface area contributed by atoms with Gasteiger partial charge in [0.05, 0.1) is 10.7 Å².